The Bertz CT molecular complexity index is 224. The second kappa shape index (κ2) is 8.09. The van der Waals surface area contributed by atoms with E-state index < -0.39 is 0 Å². The molecule has 1 aliphatic rings. The lowest BCUT2D eigenvalue weighted by atomic mass is 9.77. The molecule has 0 saturated heterocycles. The molecular formula is C13H24BrNO2. The number of nitrogens with one attached hydrogen (secondary N) is 1. The van der Waals surface area contributed by atoms with E-state index in [0.29, 0.717) is 6.42 Å². The van der Waals surface area contributed by atoms with Gasteiger partial charge in [0.1, 0.15) is 0 Å². The number of alkyl halides is 1. The van der Waals surface area contributed by atoms with E-state index in [1.807, 2.05) is 0 Å². The molecule has 0 aromatic carbocycles. The molecule has 0 aromatic rings. The summed E-state index contributed by atoms with van der Waals surface area (Å²) in [5.41, 5.74) is -0.139. The Balaban J connectivity index is 2.01. The maximum Gasteiger partial charge on any atom is 0.222 e. The summed E-state index contributed by atoms with van der Waals surface area (Å²) in [6.45, 7) is 0.806. The predicted octanol–water partition coefficient (Wildman–Crippen LogP) is 3.02. The predicted molar refractivity (Wildman–Crippen MR) is 73.5 cm³/mol. The second-order valence-electron chi connectivity index (χ2n) is 4.87. The zero-order valence-electron chi connectivity index (χ0n) is 10.8. The van der Waals surface area contributed by atoms with Crippen LogP contribution in [0.15, 0.2) is 0 Å². The summed E-state index contributed by atoms with van der Waals surface area (Å²) in [5, 5.41) is 4.07. The van der Waals surface area contributed by atoms with Crippen LogP contribution in [0.1, 0.15) is 51.4 Å². The van der Waals surface area contributed by atoms with Crippen LogP contribution in [0.4, 0.5) is 0 Å². The van der Waals surface area contributed by atoms with Crippen LogP contribution in [0, 0.1) is 0 Å². The topological polar surface area (TPSA) is 38.3 Å². The number of amides is 1. The van der Waals surface area contributed by atoms with Crippen LogP contribution >= 0.6 is 15.9 Å². The Morgan fingerprint density at radius 1 is 1.29 bits per heavy atom. The fourth-order valence-corrected chi connectivity index (χ4v) is 2.58. The quantitative estimate of drug-likeness (QED) is 0.525. The largest absolute Gasteiger partial charge is 0.378 e. The molecule has 0 heterocycles. The average Bonchev–Trinajstić information content (AvgIpc) is 2.28. The van der Waals surface area contributed by atoms with Crippen LogP contribution in [0.2, 0.25) is 0 Å². The third-order valence-electron chi connectivity index (χ3n) is 3.56. The lowest BCUT2D eigenvalue weighted by Gasteiger charge is -2.39. The molecule has 0 spiro atoms. The van der Waals surface area contributed by atoms with Crippen molar-refractivity contribution in [2.45, 2.75) is 57.0 Å². The highest BCUT2D eigenvalue weighted by Gasteiger charge is 2.38. The van der Waals surface area contributed by atoms with Gasteiger partial charge in [0.15, 0.2) is 0 Å². The number of halogens is 1. The van der Waals surface area contributed by atoms with Crippen LogP contribution < -0.4 is 5.32 Å². The normalized spacial score (nSPS) is 17.5. The summed E-state index contributed by atoms with van der Waals surface area (Å²) in [5.74, 6) is 0.145. The summed E-state index contributed by atoms with van der Waals surface area (Å²) >= 11 is 3.41. The molecule has 0 unspecified atom stereocenters. The van der Waals surface area contributed by atoms with Crippen molar-refractivity contribution < 1.29 is 9.53 Å². The Kier molecular flexibility index (Phi) is 7.12. The number of hydrogen-bond donors (Lipinski definition) is 1. The number of carbonyl (C=O) groups excluding carboxylic acids is 1. The fourth-order valence-electron chi connectivity index (χ4n) is 2.18. The zero-order chi connectivity index (χ0) is 12.6. The number of carbonyl (C=O) groups is 1. The maximum atomic E-state index is 11.7. The van der Waals surface area contributed by atoms with Gasteiger partial charge in [0.05, 0.1) is 12.0 Å². The average molecular weight is 306 g/mol. The minimum atomic E-state index is -0.139. The SMILES string of the molecule is COC1(CC(=O)NCCCCCCBr)CCC1. The van der Waals surface area contributed by atoms with E-state index in [1.165, 1.54) is 25.7 Å². The van der Waals surface area contributed by atoms with Gasteiger partial charge in [-0.3, -0.25) is 4.79 Å². The highest BCUT2D eigenvalue weighted by Crippen LogP contribution is 2.37. The van der Waals surface area contributed by atoms with Crippen molar-refractivity contribution in [1.82, 2.24) is 5.32 Å². The zero-order valence-corrected chi connectivity index (χ0v) is 12.4. The van der Waals surface area contributed by atoms with Gasteiger partial charge in [0.2, 0.25) is 5.91 Å². The Morgan fingerprint density at radius 2 is 2.00 bits per heavy atom. The van der Waals surface area contributed by atoms with E-state index in [9.17, 15) is 4.79 Å². The molecule has 1 aliphatic carbocycles. The van der Waals surface area contributed by atoms with E-state index in [2.05, 4.69) is 21.2 Å². The molecule has 0 bridgehead atoms. The van der Waals surface area contributed by atoms with Crippen molar-refractivity contribution in [3.8, 4) is 0 Å². The molecule has 0 atom stereocenters. The Morgan fingerprint density at radius 3 is 2.53 bits per heavy atom. The number of rotatable bonds is 9. The first-order valence-corrected chi connectivity index (χ1v) is 7.72. The molecule has 100 valence electrons. The first-order valence-electron chi connectivity index (χ1n) is 6.60. The van der Waals surface area contributed by atoms with Crippen LogP contribution in [0.25, 0.3) is 0 Å². The molecular weight excluding hydrogens is 282 g/mol. The number of unbranched alkanes of at least 4 members (excludes halogenated alkanes) is 3. The first-order chi connectivity index (χ1) is 8.22. The van der Waals surface area contributed by atoms with E-state index in [4.69, 9.17) is 4.74 Å². The maximum absolute atomic E-state index is 11.7. The lowest BCUT2D eigenvalue weighted by Crippen LogP contribution is -2.44. The van der Waals surface area contributed by atoms with Gasteiger partial charge in [0, 0.05) is 19.0 Å². The van der Waals surface area contributed by atoms with Crippen molar-refractivity contribution in [2.24, 2.45) is 0 Å². The second-order valence-corrected chi connectivity index (χ2v) is 5.66. The van der Waals surface area contributed by atoms with Gasteiger partial charge in [-0.25, -0.2) is 0 Å². The lowest BCUT2D eigenvalue weighted by molar-refractivity contribution is -0.134. The third-order valence-corrected chi connectivity index (χ3v) is 4.12. The minimum absolute atomic E-state index is 0.139. The molecule has 1 amide bonds. The van der Waals surface area contributed by atoms with Gasteiger partial charge in [-0.15, -0.1) is 0 Å². The highest BCUT2D eigenvalue weighted by molar-refractivity contribution is 9.09. The van der Waals surface area contributed by atoms with Crippen molar-refractivity contribution in [1.29, 1.82) is 0 Å². The summed E-state index contributed by atoms with van der Waals surface area (Å²) in [6.07, 6.45) is 8.52. The van der Waals surface area contributed by atoms with Gasteiger partial charge in [-0.1, -0.05) is 28.8 Å². The number of methoxy groups -OCH3 is 1. The highest BCUT2D eigenvalue weighted by atomic mass is 79.9. The van der Waals surface area contributed by atoms with Gasteiger partial charge in [-0.2, -0.15) is 0 Å². The molecule has 1 N–H and O–H groups in total. The molecule has 1 rings (SSSR count). The smallest absolute Gasteiger partial charge is 0.222 e. The van der Waals surface area contributed by atoms with Crippen LogP contribution in [-0.4, -0.2) is 30.5 Å². The number of ether oxygens (including phenoxy) is 1. The van der Waals surface area contributed by atoms with Gasteiger partial charge < -0.3 is 10.1 Å². The van der Waals surface area contributed by atoms with E-state index >= 15 is 0 Å². The standard InChI is InChI=1S/C13H24BrNO2/c1-17-13(7-6-8-13)11-12(16)15-10-5-3-2-4-9-14/h2-11H2,1H3,(H,15,16). The van der Waals surface area contributed by atoms with E-state index in [-0.39, 0.29) is 11.5 Å². The minimum Gasteiger partial charge on any atom is -0.378 e. The molecule has 0 radical (unpaired) electrons. The fraction of sp³-hybridized carbons (Fsp3) is 0.923. The van der Waals surface area contributed by atoms with E-state index in [0.717, 1.165) is 31.1 Å². The van der Waals surface area contributed by atoms with Crippen molar-refractivity contribution in [3.05, 3.63) is 0 Å². The van der Waals surface area contributed by atoms with Crippen LogP contribution in [0.3, 0.4) is 0 Å². The molecule has 0 aromatic heterocycles. The van der Waals surface area contributed by atoms with Crippen LogP contribution in [-0.2, 0) is 9.53 Å². The first kappa shape index (κ1) is 15.0. The summed E-state index contributed by atoms with van der Waals surface area (Å²) < 4.78 is 5.44. The summed E-state index contributed by atoms with van der Waals surface area (Å²) in [6, 6.07) is 0. The van der Waals surface area contributed by atoms with Gasteiger partial charge >= 0.3 is 0 Å². The molecule has 3 nitrogen and oxygen atoms in total. The van der Waals surface area contributed by atoms with Crippen molar-refractivity contribution in [3.63, 3.8) is 0 Å². The van der Waals surface area contributed by atoms with Gasteiger partial charge in [0.25, 0.3) is 0 Å². The van der Waals surface area contributed by atoms with E-state index in [1.54, 1.807) is 7.11 Å². The molecule has 17 heavy (non-hydrogen) atoms. The summed E-state index contributed by atoms with van der Waals surface area (Å²) in [4.78, 5) is 11.7. The molecule has 1 saturated carbocycles. The summed E-state index contributed by atoms with van der Waals surface area (Å²) in [7, 11) is 1.71. The molecule has 4 heteroatoms. The van der Waals surface area contributed by atoms with Gasteiger partial charge in [-0.05, 0) is 32.1 Å². The van der Waals surface area contributed by atoms with Crippen molar-refractivity contribution >= 4 is 21.8 Å². The van der Waals surface area contributed by atoms with Crippen molar-refractivity contribution in [2.75, 3.05) is 19.0 Å². The monoisotopic (exact) mass is 305 g/mol. The Hall–Kier alpha value is -0.0900. The Labute approximate surface area is 113 Å². The third kappa shape index (κ3) is 5.38. The van der Waals surface area contributed by atoms with Crippen LogP contribution in [0.5, 0.6) is 0 Å². The number of hydrogen-bond acceptors (Lipinski definition) is 2. The molecule has 0 aliphatic heterocycles. The molecule has 1 fully saturated rings.